The third-order valence-corrected chi connectivity index (χ3v) is 5.27. The summed E-state index contributed by atoms with van der Waals surface area (Å²) in [6.07, 6.45) is 1.81. The minimum absolute atomic E-state index is 0.0481. The van der Waals surface area contributed by atoms with Crippen LogP contribution in [0.15, 0.2) is 42.5 Å². The van der Waals surface area contributed by atoms with Crippen LogP contribution in [0.1, 0.15) is 19.3 Å². The Hall–Kier alpha value is -2.55. The van der Waals surface area contributed by atoms with Gasteiger partial charge in [-0.15, -0.1) is 0 Å². The van der Waals surface area contributed by atoms with Crippen LogP contribution in [-0.2, 0) is 14.3 Å². The highest BCUT2D eigenvalue weighted by Gasteiger charge is 2.42. The second-order valence-electron chi connectivity index (χ2n) is 7.10. The summed E-state index contributed by atoms with van der Waals surface area (Å²) in [6.45, 7) is 0.350. The highest BCUT2D eigenvalue weighted by molar-refractivity contribution is 6.30. The third-order valence-electron chi connectivity index (χ3n) is 4.71. The molecule has 2 amide bonds. The van der Waals surface area contributed by atoms with E-state index in [-0.39, 0.29) is 23.9 Å². The molecule has 1 aliphatic heterocycles. The molecule has 1 fully saturated rings. The minimum atomic E-state index is -1.50. The zero-order chi connectivity index (χ0) is 23.0. The van der Waals surface area contributed by atoms with Crippen molar-refractivity contribution in [1.82, 2.24) is 10.6 Å². The minimum Gasteiger partial charge on any atom is -0.492 e. The van der Waals surface area contributed by atoms with E-state index < -0.39 is 30.0 Å². The van der Waals surface area contributed by atoms with Gasteiger partial charge in [-0.25, -0.2) is 4.39 Å². The molecule has 0 aromatic heterocycles. The van der Waals surface area contributed by atoms with Gasteiger partial charge in [-0.1, -0.05) is 23.2 Å². The highest BCUT2D eigenvalue weighted by Crippen LogP contribution is 2.24. The topological polar surface area (TPSA) is 85.9 Å². The molecule has 10 heteroatoms. The maximum Gasteiger partial charge on any atom is 0.273 e. The van der Waals surface area contributed by atoms with E-state index in [1.54, 1.807) is 24.3 Å². The lowest BCUT2D eigenvalue weighted by molar-refractivity contribution is -0.165. The first kappa shape index (κ1) is 24.1. The third kappa shape index (κ3) is 6.72. The monoisotopic (exact) mass is 484 g/mol. The molecule has 0 radical (unpaired) electrons. The van der Waals surface area contributed by atoms with Crippen LogP contribution in [0.2, 0.25) is 10.0 Å². The van der Waals surface area contributed by atoms with Gasteiger partial charge in [-0.3, -0.25) is 9.59 Å². The van der Waals surface area contributed by atoms with Gasteiger partial charge in [0, 0.05) is 17.5 Å². The zero-order valence-electron chi connectivity index (χ0n) is 17.2. The Balaban J connectivity index is 1.51. The molecule has 0 spiro atoms. The standard InChI is InChI=1S/C22H23Cl2FN2O5/c23-15-3-5-16(6-4-15)30-12-10-26-21(29)22(9-1-2-11-32-22)27-20(28)14-31-17-7-8-18(24)19(25)13-17/h3-8,13H,1-2,9-12,14H2,(H,26,29)(H,27,28). The first-order valence-electron chi connectivity index (χ1n) is 10.1. The molecule has 32 heavy (non-hydrogen) atoms. The summed E-state index contributed by atoms with van der Waals surface area (Å²) in [7, 11) is 0. The molecular formula is C22H23Cl2FN2O5. The number of nitrogens with one attached hydrogen (secondary N) is 2. The van der Waals surface area contributed by atoms with E-state index in [2.05, 4.69) is 10.6 Å². The zero-order valence-corrected chi connectivity index (χ0v) is 18.7. The Labute approximate surface area is 195 Å². The fraction of sp³-hybridized carbons (Fsp3) is 0.364. The highest BCUT2D eigenvalue weighted by atomic mass is 35.5. The van der Waals surface area contributed by atoms with Gasteiger partial charge in [0.2, 0.25) is 5.72 Å². The van der Waals surface area contributed by atoms with Gasteiger partial charge in [0.15, 0.2) is 6.61 Å². The van der Waals surface area contributed by atoms with Crippen molar-refractivity contribution < 1.29 is 28.2 Å². The number of carbonyl (C=O) groups excluding carboxylic acids is 2. The molecule has 1 unspecified atom stereocenters. The average Bonchev–Trinajstić information content (AvgIpc) is 2.79. The van der Waals surface area contributed by atoms with E-state index in [9.17, 15) is 14.0 Å². The van der Waals surface area contributed by atoms with Crippen molar-refractivity contribution >= 4 is 35.0 Å². The Kier molecular flexibility index (Phi) is 8.55. The maximum absolute atomic E-state index is 13.5. The predicted molar refractivity (Wildman–Crippen MR) is 118 cm³/mol. The number of benzene rings is 2. The summed E-state index contributed by atoms with van der Waals surface area (Å²) in [5.41, 5.74) is -1.50. The predicted octanol–water partition coefficient (Wildman–Crippen LogP) is 3.72. The lowest BCUT2D eigenvalue weighted by Crippen LogP contribution is -2.62. The molecule has 1 heterocycles. The fourth-order valence-corrected chi connectivity index (χ4v) is 3.36. The van der Waals surface area contributed by atoms with Gasteiger partial charge in [-0.05, 0) is 49.2 Å². The summed E-state index contributed by atoms with van der Waals surface area (Å²) in [5.74, 6) is -0.935. The van der Waals surface area contributed by atoms with Crippen LogP contribution in [0.5, 0.6) is 11.5 Å². The van der Waals surface area contributed by atoms with Gasteiger partial charge in [0.1, 0.15) is 23.9 Å². The molecule has 1 atom stereocenters. The molecule has 2 N–H and O–H groups in total. The second kappa shape index (κ2) is 11.4. The molecule has 172 valence electrons. The number of hydrogen-bond acceptors (Lipinski definition) is 5. The second-order valence-corrected chi connectivity index (χ2v) is 7.95. The summed E-state index contributed by atoms with van der Waals surface area (Å²) in [6, 6.07) is 10.7. The summed E-state index contributed by atoms with van der Waals surface area (Å²) in [4.78, 5) is 25.3. The molecule has 2 aromatic rings. The van der Waals surface area contributed by atoms with Crippen molar-refractivity contribution in [3.05, 3.63) is 58.3 Å². The van der Waals surface area contributed by atoms with E-state index in [0.29, 0.717) is 30.2 Å². The van der Waals surface area contributed by atoms with E-state index in [4.69, 9.17) is 37.4 Å². The SMILES string of the molecule is O=C(COc1ccc(Cl)c(F)c1)NC1(C(=O)NCCOc2ccc(Cl)cc2)CCCCO1. The van der Waals surface area contributed by atoms with Crippen LogP contribution < -0.4 is 20.1 Å². The number of ether oxygens (including phenoxy) is 3. The number of rotatable bonds is 9. The summed E-state index contributed by atoms with van der Waals surface area (Å²) in [5, 5.41) is 5.90. The van der Waals surface area contributed by atoms with E-state index >= 15 is 0 Å². The fourth-order valence-electron chi connectivity index (χ4n) is 3.11. The Bertz CT molecular complexity index is 936. The lowest BCUT2D eigenvalue weighted by Gasteiger charge is -2.36. The smallest absolute Gasteiger partial charge is 0.273 e. The maximum atomic E-state index is 13.5. The number of carbonyl (C=O) groups is 2. The van der Waals surface area contributed by atoms with Gasteiger partial charge in [-0.2, -0.15) is 0 Å². The van der Waals surface area contributed by atoms with Crippen molar-refractivity contribution in [3.8, 4) is 11.5 Å². The van der Waals surface area contributed by atoms with E-state index in [0.717, 1.165) is 12.5 Å². The van der Waals surface area contributed by atoms with Crippen LogP contribution in [0.4, 0.5) is 4.39 Å². The largest absolute Gasteiger partial charge is 0.492 e. The molecule has 1 saturated heterocycles. The van der Waals surface area contributed by atoms with Crippen LogP contribution >= 0.6 is 23.2 Å². The molecule has 1 aliphatic rings. The van der Waals surface area contributed by atoms with Crippen molar-refractivity contribution in [3.63, 3.8) is 0 Å². The first-order valence-corrected chi connectivity index (χ1v) is 10.8. The molecule has 3 rings (SSSR count). The van der Waals surface area contributed by atoms with Crippen LogP contribution in [0, 0.1) is 5.82 Å². The molecule has 0 saturated carbocycles. The van der Waals surface area contributed by atoms with Crippen LogP contribution in [-0.4, -0.2) is 43.9 Å². The number of amides is 2. The van der Waals surface area contributed by atoms with Crippen molar-refractivity contribution in [2.45, 2.75) is 25.0 Å². The van der Waals surface area contributed by atoms with Crippen molar-refractivity contribution in [2.75, 3.05) is 26.4 Å². The number of halogens is 3. The summed E-state index contributed by atoms with van der Waals surface area (Å²) < 4.78 is 30.1. The van der Waals surface area contributed by atoms with Gasteiger partial charge in [0.05, 0.1) is 18.2 Å². The number of hydrogen-bond donors (Lipinski definition) is 2. The summed E-state index contributed by atoms with van der Waals surface area (Å²) >= 11 is 11.5. The molecule has 0 aliphatic carbocycles. The Morgan fingerprint density at radius 2 is 1.81 bits per heavy atom. The molecule has 7 nitrogen and oxygen atoms in total. The van der Waals surface area contributed by atoms with Gasteiger partial charge < -0.3 is 24.8 Å². The van der Waals surface area contributed by atoms with Crippen LogP contribution in [0.25, 0.3) is 0 Å². The molecule has 2 aromatic carbocycles. The van der Waals surface area contributed by atoms with Crippen molar-refractivity contribution in [2.24, 2.45) is 0 Å². The Morgan fingerprint density at radius 1 is 1.06 bits per heavy atom. The van der Waals surface area contributed by atoms with Crippen molar-refractivity contribution in [1.29, 1.82) is 0 Å². The first-order chi connectivity index (χ1) is 15.4. The van der Waals surface area contributed by atoms with E-state index in [1.807, 2.05) is 0 Å². The van der Waals surface area contributed by atoms with Gasteiger partial charge >= 0.3 is 0 Å². The molecular weight excluding hydrogens is 462 g/mol. The van der Waals surface area contributed by atoms with E-state index in [1.165, 1.54) is 12.1 Å². The average molecular weight is 485 g/mol. The Morgan fingerprint density at radius 3 is 2.50 bits per heavy atom. The van der Waals surface area contributed by atoms with Crippen LogP contribution in [0.3, 0.4) is 0 Å². The van der Waals surface area contributed by atoms with Gasteiger partial charge in [0.25, 0.3) is 11.8 Å². The lowest BCUT2D eigenvalue weighted by atomic mass is 10.0. The normalized spacial score (nSPS) is 18.0. The quantitative estimate of drug-likeness (QED) is 0.529. The molecule has 0 bridgehead atoms.